The lowest BCUT2D eigenvalue weighted by Crippen LogP contribution is -2.39. The van der Waals surface area contributed by atoms with Gasteiger partial charge < -0.3 is 11.1 Å². The van der Waals surface area contributed by atoms with E-state index in [9.17, 15) is 4.79 Å². The first-order valence-corrected chi connectivity index (χ1v) is 4.80. The van der Waals surface area contributed by atoms with E-state index in [-0.39, 0.29) is 11.9 Å². The molecule has 2 fully saturated rings. The van der Waals surface area contributed by atoms with Crippen LogP contribution in [0.4, 0.5) is 0 Å². The van der Waals surface area contributed by atoms with Crippen LogP contribution in [-0.2, 0) is 4.79 Å². The molecule has 3 heteroatoms. The summed E-state index contributed by atoms with van der Waals surface area (Å²) in [5.74, 6) is 1.21. The topological polar surface area (TPSA) is 55.1 Å². The van der Waals surface area contributed by atoms with Crippen LogP contribution in [0.25, 0.3) is 0 Å². The molecule has 3 N–H and O–H groups in total. The van der Waals surface area contributed by atoms with Gasteiger partial charge in [-0.25, -0.2) is 0 Å². The molecule has 1 atom stereocenters. The van der Waals surface area contributed by atoms with Crippen molar-refractivity contribution in [3.63, 3.8) is 0 Å². The van der Waals surface area contributed by atoms with E-state index in [1.54, 1.807) is 0 Å². The van der Waals surface area contributed by atoms with Crippen LogP contribution in [0.3, 0.4) is 0 Å². The lowest BCUT2D eigenvalue weighted by Gasteiger charge is -2.10. The number of nitrogens with two attached hydrogens (primary N) is 1. The lowest BCUT2D eigenvalue weighted by atomic mass is 10.2. The van der Waals surface area contributed by atoms with Crippen LogP contribution in [0.1, 0.15) is 25.7 Å². The fourth-order valence-corrected chi connectivity index (χ4v) is 1.40. The summed E-state index contributed by atoms with van der Waals surface area (Å²) in [6.07, 6.45) is 4.65. The van der Waals surface area contributed by atoms with E-state index in [2.05, 4.69) is 5.32 Å². The minimum Gasteiger partial charge on any atom is -0.354 e. The Morgan fingerprint density at radius 1 is 1.42 bits per heavy atom. The van der Waals surface area contributed by atoms with Crippen LogP contribution in [-0.4, -0.2) is 18.5 Å². The summed E-state index contributed by atoms with van der Waals surface area (Å²) in [6.45, 7) is 0.681. The third-order valence-corrected chi connectivity index (χ3v) is 2.69. The van der Waals surface area contributed by atoms with Crippen molar-refractivity contribution in [2.45, 2.75) is 31.7 Å². The summed E-state index contributed by atoms with van der Waals surface area (Å²) in [7, 11) is 0. The molecule has 0 aromatic rings. The summed E-state index contributed by atoms with van der Waals surface area (Å²) >= 11 is 0. The van der Waals surface area contributed by atoms with Crippen LogP contribution in [0, 0.1) is 11.8 Å². The largest absolute Gasteiger partial charge is 0.354 e. The normalized spacial score (nSPS) is 25.1. The van der Waals surface area contributed by atoms with Gasteiger partial charge >= 0.3 is 0 Å². The fourth-order valence-electron chi connectivity index (χ4n) is 1.40. The first-order chi connectivity index (χ1) is 5.77. The predicted octanol–water partition coefficient (Wildman–Crippen LogP) is 0.250. The van der Waals surface area contributed by atoms with Crippen molar-refractivity contribution in [1.82, 2.24) is 5.32 Å². The molecule has 0 heterocycles. The molecule has 3 nitrogen and oxygen atoms in total. The molecule has 68 valence electrons. The van der Waals surface area contributed by atoms with Crippen LogP contribution < -0.4 is 11.1 Å². The van der Waals surface area contributed by atoms with E-state index < -0.39 is 0 Å². The zero-order valence-electron chi connectivity index (χ0n) is 7.25. The minimum absolute atomic E-state index is 0.202. The second-order valence-corrected chi connectivity index (χ2v) is 4.02. The van der Waals surface area contributed by atoms with E-state index in [1.807, 2.05) is 0 Å². The standard InChI is InChI=1S/C9H16N2O/c10-8(6-1-2-6)5-11-9(12)7-3-4-7/h6-8H,1-5,10H2,(H,11,12). The number of nitrogens with one attached hydrogen (secondary N) is 1. The maximum Gasteiger partial charge on any atom is 0.223 e. The Morgan fingerprint density at radius 3 is 2.58 bits per heavy atom. The zero-order chi connectivity index (χ0) is 8.55. The van der Waals surface area contributed by atoms with Gasteiger partial charge in [0.05, 0.1) is 0 Å². The van der Waals surface area contributed by atoms with Gasteiger partial charge in [0, 0.05) is 18.5 Å². The Labute approximate surface area is 72.7 Å². The Hall–Kier alpha value is -0.570. The minimum atomic E-state index is 0.202. The van der Waals surface area contributed by atoms with Crippen molar-refractivity contribution in [3.8, 4) is 0 Å². The van der Waals surface area contributed by atoms with Crippen molar-refractivity contribution in [3.05, 3.63) is 0 Å². The van der Waals surface area contributed by atoms with Crippen LogP contribution in [0.15, 0.2) is 0 Å². The molecule has 1 unspecified atom stereocenters. The molecular formula is C9H16N2O. The van der Waals surface area contributed by atoms with Crippen LogP contribution in [0.5, 0.6) is 0 Å². The molecule has 0 aliphatic heterocycles. The van der Waals surface area contributed by atoms with E-state index >= 15 is 0 Å². The predicted molar refractivity (Wildman–Crippen MR) is 46.4 cm³/mol. The Bertz CT molecular complexity index is 185. The average Bonchev–Trinajstić information content (AvgIpc) is 2.91. The third kappa shape index (κ3) is 1.97. The van der Waals surface area contributed by atoms with Gasteiger partial charge in [0.25, 0.3) is 0 Å². The number of carbonyl (C=O) groups excluding carboxylic acids is 1. The van der Waals surface area contributed by atoms with Gasteiger partial charge in [-0.1, -0.05) is 0 Å². The molecule has 0 aromatic heterocycles. The highest BCUT2D eigenvalue weighted by Gasteiger charge is 2.32. The SMILES string of the molecule is NC(CNC(=O)C1CC1)C1CC1. The van der Waals surface area contributed by atoms with Crippen molar-refractivity contribution >= 4 is 5.91 Å². The highest BCUT2D eigenvalue weighted by Crippen LogP contribution is 2.32. The van der Waals surface area contributed by atoms with Crippen molar-refractivity contribution in [1.29, 1.82) is 0 Å². The molecule has 0 aromatic carbocycles. The van der Waals surface area contributed by atoms with Gasteiger partial charge in [-0.3, -0.25) is 4.79 Å². The number of carbonyl (C=O) groups is 1. The fraction of sp³-hybridized carbons (Fsp3) is 0.889. The molecule has 0 spiro atoms. The average molecular weight is 168 g/mol. The first-order valence-electron chi connectivity index (χ1n) is 4.80. The van der Waals surface area contributed by atoms with E-state index in [4.69, 9.17) is 5.73 Å². The highest BCUT2D eigenvalue weighted by molar-refractivity contribution is 5.80. The molecule has 2 aliphatic rings. The summed E-state index contributed by atoms with van der Waals surface area (Å²) in [5, 5.41) is 2.90. The van der Waals surface area contributed by atoms with Crippen LogP contribution >= 0.6 is 0 Å². The van der Waals surface area contributed by atoms with Gasteiger partial charge in [-0.05, 0) is 31.6 Å². The molecule has 2 saturated carbocycles. The summed E-state index contributed by atoms with van der Waals surface area (Å²) < 4.78 is 0. The van der Waals surface area contributed by atoms with E-state index in [1.165, 1.54) is 12.8 Å². The highest BCUT2D eigenvalue weighted by atomic mass is 16.2. The van der Waals surface area contributed by atoms with Crippen molar-refractivity contribution in [2.75, 3.05) is 6.54 Å². The smallest absolute Gasteiger partial charge is 0.223 e. The monoisotopic (exact) mass is 168 g/mol. The van der Waals surface area contributed by atoms with Crippen molar-refractivity contribution < 1.29 is 4.79 Å². The summed E-state index contributed by atoms with van der Waals surface area (Å²) in [6, 6.07) is 0.202. The summed E-state index contributed by atoms with van der Waals surface area (Å²) in [5.41, 5.74) is 5.83. The molecule has 12 heavy (non-hydrogen) atoms. The first kappa shape index (κ1) is 8.05. The molecule has 0 bridgehead atoms. The number of amides is 1. The molecule has 1 amide bonds. The van der Waals surface area contributed by atoms with Gasteiger partial charge in [-0.15, -0.1) is 0 Å². The third-order valence-electron chi connectivity index (χ3n) is 2.69. The van der Waals surface area contributed by atoms with E-state index in [0.717, 1.165) is 12.8 Å². The molecule has 2 rings (SSSR count). The maximum absolute atomic E-state index is 11.2. The number of hydrogen-bond acceptors (Lipinski definition) is 2. The van der Waals surface area contributed by atoms with Crippen molar-refractivity contribution in [2.24, 2.45) is 17.6 Å². The number of rotatable bonds is 4. The molecule has 0 radical (unpaired) electrons. The lowest BCUT2D eigenvalue weighted by molar-refractivity contribution is -0.122. The second kappa shape index (κ2) is 3.05. The quantitative estimate of drug-likeness (QED) is 0.632. The Morgan fingerprint density at radius 2 is 2.08 bits per heavy atom. The van der Waals surface area contributed by atoms with Gasteiger partial charge in [-0.2, -0.15) is 0 Å². The second-order valence-electron chi connectivity index (χ2n) is 4.02. The molecule has 2 aliphatic carbocycles. The Balaban J connectivity index is 1.62. The van der Waals surface area contributed by atoms with Gasteiger partial charge in [0.2, 0.25) is 5.91 Å². The Kier molecular flexibility index (Phi) is 2.05. The zero-order valence-corrected chi connectivity index (χ0v) is 7.25. The summed E-state index contributed by atoms with van der Waals surface area (Å²) in [4.78, 5) is 11.2. The number of hydrogen-bond donors (Lipinski definition) is 2. The molecule has 0 saturated heterocycles. The van der Waals surface area contributed by atoms with E-state index in [0.29, 0.717) is 18.4 Å². The maximum atomic E-state index is 11.2. The van der Waals surface area contributed by atoms with Gasteiger partial charge in [0.1, 0.15) is 0 Å². The van der Waals surface area contributed by atoms with Gasteiger partial charge in [0.15, 0.2) is 0 Å². The molecular weight excluding hydrogens is 152 g/mol. The van der Waals surface area contributed by atoms with Crippen LogP contribution in [0.2, 0.25) is 0 Å².